The molecule has 1 rings (SSSR count). The molecule has 1 aliphatic rings. The van der Waals surface area contributed by atoms with Crippen molar-refractivity contribution in [2.75, 3.05) is 46.0 Å². The SMILES string of the molecule is C=CCCCN(C)C(=NC)NCCS(=O)(=O)N1CC(C)OC(C)C1.I. The van der Waals surface area contributed by atoms with Crippen molar-refractivity contribution in [2.24, 2.45) is 4.99 Å². The van der Waals surface area contributed by atoms with Crippen LogP contribution < -0.4 is 5.32 Å². The molecule has 0 amide bonds. The molecule has 25 heavy (non-hydrogen) atoms. The van der Waals surface area contributed by atoms with Crippen LogP contribution in [0.5, 0.6) is 0 Å². The fourth-order valence-electron chi connectivity index (χ4n) is 2.74. The molecule has 0 aromatic carbocycles. The van der Waals surface area contributed by atoms with Gasteiger partial charge in [0.25, 0.3) is 0 Å². The molecule has 0 bridgehead atoms. The average molecular weight is 488 g/mol. The number of rotatable bonds is 8. The van der Waals surface area contributed by atoms with Gasteiger partial charge in [-0.15, -0.1) is 30.6 Å². The second-order valence-electron chi connectivity index (χ2n) is 6.22. The number of morpholine rings is 1. The van der Waals surface area contributed by atoms with Crippen molar-refractivity contribution in [3.05, 3.63) is 12.7 Å². The third kappa shape index (κ3) is 8.69. The Bertz CT molecular complexity index is 517. The van der Waals surface area contributed by atoms with Crippen LogP contribution in [0.2, 0.25) is 0 Å². The van der Waals surface area contributed by atoms with Crippen LogP contribution in [-0.2, 0) is 14.8 Å². The molecule has 1 fully saturated rings. The van der Waals surface area contributed by atoms with Gasteiger partial charge in [0, 0.05) is 40.3 Å². The van der Waals surface area contributed by atoms with E-state index in [0.29, 0.717) is 25.6 Å². The largest absolute Gasteiger partial charge is 0.373 e. The van der Waals surface area contributed by atoms with Gasteiger partial charge in [-0.1, -0.05) is 6.08 Å². The highest BCUT2D eigenvalue weighted by molar-refractivity contribution is 14.0. The predicted molar refractivity (Wildman–Crippen MR) is 114 cm³/mol. The second-order valence-corrected chi connectivity index (χ2v) is 8.31. The van der Waals surface area contributed by atoms with Gasteiger partial charge >= 0.3 is 0 Å². The zero-order valence-corrected chi connectivity index (χ0v) is 18.9. The summed E-state index contributed by atoms with van der Waals surface area (Å²) in [6.07, 6.45) is 3.69. The molecule has 7 nitrogen and oxygen atoms in total. The van der Waals surface area contributed by atoms with Crippen molar-refractivity contribution in [1.29, 1.82) is 0 Å². The van der Waals surface area contributed by atoms with E-state index in [4.69, 9.17) is 4.74 Å². The molecule has 1 aliphatic heterocycles. The van der Waals surface area contributed by atoms with Gasteiger partial charge in [-0.3, -0.25) is 4.99 Å². The number of hydrogen-bond acceptors (Lipinski definition) is 4. The lowest BCUT2D eigenvalue weighted by molar-refractivity contribution is -0.0440. The van der Waals surface area contributed by atoms with E-state index < -0.39 is 10.0 Å². The van der Waals surface area contributed by atoms with E-state index in [-0.39, 0.29) is 41.9 Å². The van der Waals surface area contributed by atoms with Crippen molar-refractivity contribution in [1.82, 2.24) is 14.5 Å². The first-order valence-corrected chi connectivity index (χ1v) is 10.1. The van der Waals surface area contributed by atoms with Crippen LogP contribution >= 0.6 is 24.0 Å². The van der Waals surface area contributed by atoms with Gasteiger partial charge in [-0.2, -0.15) is 4.31 Å². The summed E-state index contributed by atoms with van der Waals surface area (Å²) in [6, 6.07) is 0. The molecule has 0 aliphatic carbocycles. The zero-order valence-electron chi connectivity index (χ0n) is 15.8. The van der Waals surface area contributed by atoms with E-state index in [9.17, 15) is 8.42 Å². The van der Waals surface area contributed by atoms with Crippen LogP contribution in [0.15, 0.2) is 17.6 Å². The lowest BCUT2D eigenvalue weighted by Crippen LogP contribution is -2.50. The van der Waals surface area contributed by atoms with E-state index in [1.165, 1.54) is 4.31 Å². The van der Waals surface area contributed by atoms with Crippen LogP contribution in [0.3, 0.4) is 0 Å². The fourth-order valence-corrected chi connectivity index (χ4v) is 4.23. The molecular weight excluding hydrogens is 455 g/mol. The van der Waals surface area contributed by atoms with Crippen LogP contribution in [0.1, 0.15) is 26.7 Å². The lowest BCUT2D eigenvalue weighted by Gasteiger charge is -2.34. The number of halogens is 1. The molecule has 0 spiro atoms. The second kappa shape index (κ2) is 12.1. The molecule has 1 N–H and O–H groups in total. The van der Waals surface area contributed by atoms with Crippen molar-refractivity contribution in [3.63, 3.8) is 0 Å². The number of nitrogens with zero attached hydrogens (tertiary/aromatic N) is 3. The molecule has 0 aromatic rings. The molecule has 1 saturated heterocycles. The van der Waals surface area contributed by atoms with Gasteiger partial charge in [0.05, 0.1) is 18.0 Å². The molecule has 1 heterocycles. The minimum atomic E-state index is -3.30. The molecule has 2 atom stereocenters. The number of hydrogen-bond donors (Lipinski definition) is 1. The Morgan fingerprint density at radius 1 is 1.40 bits per heavy atom. The quantitative estimate of drug-likeness (QED) is 0.184. The smallest absolute Gasteiger partial charge is 0.216 e. The van der Waals surface area contributed by atoms with Gasteiger partial charge in [0.2, 0.25) is 10.0 Å². The maximum atomic E-state index is 12.5. The Morgan fingerprint density at radius 3 is 2.52 bits per heavy atom. The number of unbranched alkanes of at least 4 members (excludes halogenated alkanes) is 1. The number of aliphatic imine (C=N–C) groups is 1. The molecule has 0 saturated carbocycles. The van der Waals surface area contributed by atoms with Crippen LogP contribution in [-0.4, -0.2) is 81.8 Å². The van der Waals surface area contributed by atoms with E-state index in [1.54, 1.807) is 7.05 Å². The highest BCUT2D eigenvalue weighted by atomic mass is 127. The minimum absolute atomic E-state index is 0. The zero-order chi connectivity index (χ0) is 18.2. The number of ether oxygens (including phenoxy) is 1. The Hall–Kier alpha value is -0.390. The fraction of sp³-hybridized carbons (Fsp3) is 0.812. The normalized spacial score (nSPS) is 22.2. The third-order valence-corrected chi connectivity index (χ3v) is 5.70. The summed E-state index contributed by atoms with van der Waals surface area (Å²) in [5, 5.41) is 3.13. The van der Waals surface area contributed by atoms with E-state index in [1.807, 2.05) is 31.9 Å². The minimum Gasteiger partial charge on any atom is -0.373 e. The van der Waals surface area contributed by atoms with Gasteiger partial charge in [0.15, 0.2) is 5.96 Å². The molecule has 9 heteroatoms. The van der Waals surface area contributed by atoms with E-state index in [2.05, 4.69) is 16.9 Å². The number of sulfonamides is 1. The summed E-state index contributed by atoms with van der Waals surface area (Å²) in [6.45, 7) is 9.53. The predicted octanol–water partition coefficient (Wildman–Crippen LogP) is 1.52. The van der Waals surface area contributed by atoms with Gasteiger partial charge < -0.3 is 15.0 Å². The summed E-state index contributed by atoms with van der Waals surface area (Å²) in [7, 11) is 0.348. The summed E-state index contributed by atoms with van der Waals surface area (Å²) < 4.78 is 32.1. The first kappa shape index (κ1) is 24.6. The molecule has 2 unspecified atom stereocenters. The first-order valence-electron chi connectivity index (χ1n) is 8.46. The highest BCUT2D eigenvalue weighted by Gasteiger charge is 2.30. The van der Waals surface area contributed by atoms with Gasteiger partial charge in [0.1, 0.15) is 0 Å². The molecule has 148 valence electrons. The van der Waals surface area contributed by atoms with Crippen LogP contribution in [0.4, 0.5) is 0 Å². The summed E-state index contributed by atoms with van der Waals surface area (Å²) in [5.74, 6) is 0.754. The first-order chi connectivity index (χ1) is 11.3. The molecular formula is C16H33IN4O3S. The molecule has 0 aromatic heterocycles. The van der Waals surface area contributed by atoms with Crippen LogP contribution in [0.25, 0.3) is 0 Å². The summed E-state index contributed by atoms with van der Waals surface area (Å²) >= 11 is 0. The van der Waals surface area contributed by atoms with E-state index >= 15 is 0 Å². The average Bonchev–Trinajstić information content (AvgIpc) is 2.50. The lowest BCUT2D eigenvalue weighted by atomic mass is 10.3. The topological polar surface area (TPSA) is 74.2 Å². The number of nitrogens with one attached hydrogen (secondary N) is 1. The van der Waals surface area contributed by atoms with Crippen molar-refractivity contribution >= 4 is 40.0 Å². The third-order valence-electron chi connectivity index (χ3n) is 3.90. The van der Waals surface area contributed by atoms with Crippen molar-refractivity contribution in [3.8, 4) is 0 Å². The monoisotopic (exact) mass is 488 g/mol. The van der Waals surface area contributed by atoms with Gasteiger partial charge in [-0.05, 0) is 26.7 Å². The van der Waals surface area contributed by atoms with E-state index in [0.717, 1.165) is 19.4 Å². The maximum absolute atomic E-state index is 12.5. The Morgan fingerprint density at radius 2 is 2.00 bits per heavy atom. The van der Waals surface area contributed by atoms with Crippen molar-refractivity contribution < 1.29 is 13.2 Å². The Labute approximate surface area is 170 Å². The maximum Gasteiger partial charge on any atom is 0.216 e. The summed E-state index contributed by atoms with van der Waals surface area (Å²) in [5.41, 5.74) is 0. The highest BCUT2D eigenvalue weighted by Crippen LogP contribution is 2.14. The number of allylic oxidation sites excluding steroid dienone is 1. The van der Waals surface area contributed by atoms with Gasteiger partial charge in [-0.25, -0.2) is 8.42 Å². The number of guanidine groups is 1. The molecule has 0 radical (unpaired) electrons. The summed E-state index contributed by atoms with van der Waals surface area (Å²) in [4.78, 5) is 6.20. The Kier molecular flexibility index (Phi) is 11.9. The van der Waals surface area contributed by atoms with Crippen LogP contribution in [0, 0.1) is 0 Å². The standard InChI is InChI=1S/C16H32N4O3S.HI/c1-6-7-8-10-19(5)16(17-4)18-9-11-24(21,22)20-12-14(2)23-15(3)13-20;/h6,14-15H,1,7-13H2,2-5H3,(H,17,18);1H. The van der Waals surface area contributed by atoms with Crippen molar-refractivity contribution in [2.45, 2.75) is 38.9 Å². The Balaban J connectivity index is 0.00000576.